The molecule has 1 saturated heterocycles. The number of thioether (sulfide) groups is 1. The Morgan fingerprint density at radius 3 is 2.69 bits per heavy atom. The lowest BCUT2D eigenvalue weighted by Gasteiger charge is -2.37. The molecule has 1 fully saturated rings. The summed E-state index contributed by atoms with van der Waals surface area (Å²) in [6, 6.07) is 6.12. The van der Waals surface area contributed by atoms with Crippen LogP contribution in [0.3, 0.4) is 0 Å². The predicted molar refractivity (Wildman–Crippen MR) is 130 cm³/mol. The van der Waals surface area contributed by atoms with Gasteiger partial charge < -0.3 is 19.9 Å². The molecule has 4 atom stereocenters. The number of benzene rings is 1. The number of hydrogen-bond acceptors (Lipinski definition) is 8. The maximum atomic E-state index is 13.1. The van der Waals surface area contributed by atoms with Crippen LogP contribution in [-0.4, -0.2) is 64.8 Å². The Morgan fingerprint density at radius 1 is 1.20 bits per heavy atom. The van der Waals surface area contributed by atoms with Crippen molar-refractivity contribution >= 4 is 41.3 Å². The van der Waals surface area contributed by atoms with Crippen LogP contribution >= 0.6 is 11.8 Å². The number of alkyl carbamates (subject to hydrolysis) is 1. The van der Waals surface area contributed by atoms with Crippen LogP contribution in [0.1, 0.15) is 29.6 Å². The van der Waals surface area contributed by atoms with Crippen LogP contribution in [0.5, 0.6) is 5.75 Å². The number of carbonyl (C=O) groups excluding carboxylic acids is 3. The number of allylic oxidation sites excluding steroid dienone is 3. The van der Waals surface area contributed by atoms with Crippen molar-refractivity contribution in [1.29, 1.82) is 0 Å². The monoisotopic (exact) mass is 498 g/mol. The Bertz CT molecular complexity index is 1110. The summed E-state index contributed by atoms with van der Waals surface area (Å²) in [5, 5.41) is 11.7. The number of carbonyl (C=O) groups is 4. The van der Waals surface area contributed by atoms with Crippen molar-refractivity contribution in [3.8, 4) is 5.75 Å². The fourth-order valence-corrected chi connectivity index (χ4v) is 6.76. The number of carboxylic acid groups (broad SMARTS) is 1. The highest BCUT2D eigenvalue weighted by atomic mass is 32.2. The lowest BCUT2D eigenvalue weighted by Crippen LogP contribution is -2.44. The zero-order valence-corrected chi connectivity index (χ0v) is 20.0. The molecule has 0 aromatic heterocycles. The molecule has 1 amide bonds. The number of hydrogen-bond donors (Lipinski definition) is 2. The van der Waals surface area contributed by atoms with Crippen molar-refractivity contribution in [1.82, 2.24) is 5.32 Å². The van der Waals surface area contributed by atoms with Gasteiger partial charge in [-0.2, -0.15) is 0 Å². The molecule has 1 spiro atoms. The standard InChI is InChI=1S/C25H26N2O7S/c1-33-16-9-7-15(8-10-16)23(31)34-24(32)27-13-4-5-18(28)21-20(22(29)30)17-11-14-26-19-6-2-3-12-25(17,19)35-21/h2-3,6-10,12,17,20-21H,4-5,11,13-14H2,1H3,(H,27,32)(H,29,30). The van der Waals surface area contributed by atoms with Gasteiger partial charge in [0.25, 0.3) is 0 Å². The van der Waals surface area contributed by atoms with E-state index in [4.69, 9.17) is 9.47 Å². The van der Waals surface area contributed by atoms with E-state index < -0.39 is 33.9 Å². The Balaban J connectivity index is 1.29. The van der Waals surface area contributed by atoms with Crippen molar-refractivity contribution in [2.45, 2.75) is 29.3 Å². The van der Waals surface area contributed by atoms with Gasteiger partial charge in [0.2, 0.25) is 0 Å². The lowest BCUT2D eigenvalue weighted by atomic mass is 9.72. The van der Waals surface area contributed by atoms with Crippen molar-refractivity contribution < 1.29 is 33.8 Å². The smallest absolute Gasteiger partial charge is 0.415 e. The van der Waals surface area contributed by atoms with Gasteiger partial charge in [-0.05, 0) is 49.1 Å². The Morgan fingerprint density at radius 2 is 1.97 bits per heavy atom. The topological polar surface area (TPSA) is 131 Å². The van der Waals surface area contributed by atoms with E-state index in [1.165, 1.54) is 31.0 Å². The summed E-state index contributed by atoms with van der Waals surface area (Å²) >= 11 is 1.38. The van der Waals surface area contributed by atoms with Gasteiger partial charge in [0.15, 0.2) is 0 Å². The Kier molecular flexibility index (Phi) is 7.39. The van der Waals surface area contributed by atoms with Crippen molar-refractivity contribution in [3.63, 3.8) is 0 Å². The summed E-state index contributed by atoms with van der Waals surface area (Å²) in [5.74, 6) is -2.38. The van der Waals surface area contributed by atoms with E-state index in [2.05, 4.69) is 10.3 Å². The molecular weight excluding hydrogens is 472 g/mol. The molecule has 1 aliphatic carbocycles. The second-order valence-electron chi connectivity index (χ2n) is 8.48. The number of methoxy groups -OCH3 is 1. The van der Waals surface area contributed by atoms with E-state index in [1.807, 2.05) is 24.3 Å². The van der Waals surface area contributed by atoms with Gasteiger partial charge in [-0.15, -0.1) is 11.8 Å². The molecule has 1 aromatic carbocycles. The van der Waals surface area contributed by atoms with Gasteiger partial charge in [-0.25, -0.2) is 9.59 Å². The third-order valence-electron chi connectivity index (χ3n) is 6.45. The maximum absolute atomic E-state index is 13.1. The second-order valence-corrected chi connectivity index (χ2v) is 9.90. The number of ether oxygens (including phenoxy) is 2. The molecule has 184 valence electrons. The number of carboxylic acids is 1. The fraction of sp³-hybridized carbons (Fsp3) is 0.400. The van der Waals surface area contributed by atoms with Crippen LogP contribution in [0.2, 0.25) is 0 Å². The van der Waals surface area contributed by atoms with Gasteiger partial charge in [-0.3, -0.25) is 14.6 Å². The maximum Gasteiger partial charge on any atom is 0.415 e. The Labute approximate surface area is 206 Å². The van der Waals surface area contributed by atoms with E-state index in [0.717, 1.165) is 5.71 Å². The zero-order chi connectivity index (χ0) is 25.0. The van der Waals surface area contributed by atoms with Gasteiger partial charge in [0, 0.05) is 19.5 Å². The van der Waals surface area contributed by atoms with Crippen LogP contribution in [0.4, 0.5) is 4.79 Å². The first-order valence-corrected chi connectivity index (χ1v) is 12.2. The molecule has 2 N–H and O–H groups in total. The number of aliphatic imine (C=N–C) groups is 1. The van der Waals surface area contributed by atoms with Crippen molar-refractivity contribution in [2.75, 3.05) is 20.2 Å². The minimum atomic E-state index is -0.972. The quantitative estimate of drug-likeness (QED) is 0.318. The molecular formula is C25H26N2O7S. The van der Waals surface area contributed by atoms with E-state index >= 15 is 0 Å². The molecule has 3 aliphatic rings. The Hall–Kier alpha value is -3.40. The molecule has 4 unspecified atom stereocenters. The average Bonchev–Trinajstić information content (AvgIpc) is 3.21. The summed E-state index contributed by atoms with van der Waals surface area (Å²) in [7, 11) is 1.50. The van der Waals surface area contributed by atoms with Gasteiger partial charge in [0.1, 0.15) is 11.5 Å². The predicted octanol–water partition coefficient (Wildman–Crippen LogP) is 3.05. The number of amides is 1. The molecule has 1 aromatic rings. The summed E-state index contributed by atoms with van der Waals surface area (Å²) in [4.78, 5) is 53.8. The first-order chi connectivity index (χ1) is 16.9. The molecule has 0 saturated carbocycles. The molecule has 35 heavy (non-hydrogen) atoms. The van der Waals surface area contributed by atoms with Gasteiger partial charge in [0.05, 0.1) is 34.3 Å². The first-order valence-electron chi connectivity index (χ1n) is 11.3. The van der Waals surface area contributed by atoms with Crippen LogP contribution in [0.25, 0.3) is 0 Å². The van der Waals surface area contributed by atoms with E-state index in [-0.39, 0.29) is 30.2 Å². The van der Waals surface area contributed by atoms with E-state index in [9.17, 15) is 24.3 Å². The molecule has 0 radical (unpaired) electrons. The summed E-state index contributed by atoms with van der Waals surface area (Å²) in [6.45, 7) is 0.659. The van der Waals surface area contributed by atoms with Crippen LogP contribution in [0, 0.1) is 11.8 Å². The summed E-state index contributed by atoms with van der Waals surface area (Å²) < 4.78 is 9.20. The zero-order valence-electron chi connectivity index (χ0n) is 19.1. The second kappa shape index (κ2) is 10.5. The fourth-order valence-electron chi connectivity index (χ4n) is 4.79. The SMILES string of the molecule is COc1ccc(C(=O)OC(=O)NCCCC(=O)C2SC34C=CC=CC3=NCCC4C2C(=O)O)cc1. The molecule has 2 aliphatic heterocycles. The third-order valence-corrected chi connectivity index (χ3v) is 8.30. The highest BCUT2D eigenvalue weighted by Gasteiger charge is 2.60. The number of esters is 1. The summed E-state index contributed by atoms with van der Waals surface area (Å²) in [5.41, 5.74) is 1.03. The van der Waals surface area contributed by atoms with Gasteiger partial charge >= 0.3 is 18.0 Å². The van der Waals surface area contributed by atoms with Crippen LogP contribution in [0.15, 0.2) is 53.6 Å². The summed E-state index contributed by atoms with van der Waals surface area (Å²) in [6.07, 6.45) is 7.73. The molecule has 10 heteroatoms. The lowest BCUT2D eigenvalue weighted by molar-refractivity contribution is -0.145. The number of ketones is 1. The minimum Gasteiger partial charge on any atom is -0.497 e. The number of aliphatic carboxylic acids is 1. The molecule has 4 rings (SSSR count). The van der Waals surface area contributed by atoms with E-state index in [0.29, 0.717) is 25.1 Å². The number of nitrogens with zero attached hydrogens (tertiary/aromatic N) is 1. The van der Waals surface area contributed by atoms with Crippen molar-refractivity contribution in [2.24, 2.45) is 16.8 Å². The van der Waals surface area contributed by atoms with Crippen molar-refractivity contribution in [3.05, 3.63) is 54.1 Å². The minimum absolute atomic E-state index is 0.100. The molecule has 9 nitrogen and oxygen atoms in total. The number of Topliss-reactive ketones (excluding diaryl/α,β-unsaturated/α-hetero) is 1. The molecule has 0 bridgehead atoms. The number of nitrogens with one attached hydrogen (secondary N) is 1. The first kappa shape index (κ1) is 24.7. The third kappa shape index (κ3) is 5.02. The van der Waals surface area contributed by atoms with E-state index in [1.54, 1.807) is 12.1 Å². The van der Waals surface area contributed by atoms with Gasteiger partial charge in [-0.1, -0.05) is 18.2 Å². The normalized spacial score (nSPS) is 26.2. The highest BCUT2D eigenvalue weighted by molar-refractivity contribution is 8.03. The number of rotatable bonds is 8. The largest absolute Gasteiger partial charge is 0.497 e. The molecule has 2 heterocycles. The van der Waals surface area contributed by atoms with Crippen LogP contribution < -0.4 is 10.1 Å². The highest BCUT2D eigenvalue weighted by Crippen LogP contribution is 2.57. The average molecular weight is 499 g/mol. The van der Waals surface area contributed by atoms with Crippen LogP contribution in [-0.2, 0) is 14.3 Å².